The minimum atomic E-state index is -0.0587. The van der Waals surface area contributed by atoms with Gasteiger partial charge in [0.05, 0.1) is 6.10 Å². The molecule has 2 rings (SSSR count). The number of amides is 1. The molecule has 21 heavy (non-hydrogen) atoms. The van der Waals surface area contributed by atoms with Crippen molar-refractivity contribution < 1.29 is 9.53 Å². The normalized spacial score (nSPS) is 20.4. The van der Waals surface area contributed by atoms with E-state index < -0.39 is 0 Å². The number of nitrogens with two attached hydrogens (primary N) is 1. The molecule has 2 atom stereocenters. The standard InChI is InChI=1S/C16H25N3O2/c1-11(2)21-14-7-4-8-18-15(14)16(20)19-9-5-6-13(10-19)12(3)17/h4,7-8,11-13H,5-6,9-10,17H2,1-3H3. The summed E-state index contributed by atoms with van der Waals surface area (Å²) in [6.45, 7) is 7.35. The number of hydrogen-bond acceptors (Lipinski definition) is 4. The maximum Gasteiger partial charge on any atom is 0.276 e. The van der Waals surface area contributed by atoms with Crippen molar-refractivity contribution in [1.82, 2.24) is 9.88 Å². The van der Waals surface area contributed by atoms with E-state index in [0.717, 1.165) is 19.4 Å². The molecule has 1 aliphatic heterocycles. The van der Waals surface area contributed by atoms with Crippen LogP contribution in [0.15, 0.2) is 18.3 Å². The van der Waals surface area contributed by atoms with Crippen LogP contribution < -0.4 is 10.5 Å². The largest absolute Gasteiger partial charge is 0.489 e. The maximum absolute atomic E-state index is 12.7. The van der Waals surface area contributed by atoms with Gasteiger partial charge in [0.1, 0.15) is 0 Å². The summed E-state index contributed by atoms with van der Waals surface area (Å²) in [5.41, 5.74) is 6.39. The van der Waals surface area contributed by atoms with Gasteiger partial charge >= 0.3 is 0 Å². The molecule has 2 N–H and O–H groups in total. The first-order chi connectivity index (χ1) is 9.99. The van der Waals surface area contributed by atoms with Crippen LogP contribution in [0.5, 0.6) is 5.75 Å². The third-order valence-electron chi connectivity index (χ3n) is 3.82. The summed E-state index contributed by atoms with van der Waals surface area (Å²) in [6, 6.07) is 3.69. The van der Waals surface area contributed by atoms with Crippen LogP contribution in [0.4, 0.5) is 0 Å². The second-order valence-electron chi connectivity index (χ2n) is 6.03. The Bertz CT molecular complexity index is 488. The lowest BCUT2D eigenvalue weighted by Crippen LogP contribution is -2.45. The molecule has 0 radical (unpaired) electrons. The van der Waals surface area contributed by atoms with Gasteiger partial charge in [0.15, 0.2) is 11.4 Å². The number of nitrogens with zero attached hydrogens (tertiary/aromatic N) is 2. The summed E-state index contributed by atoms with van der Waals surface area (Å²) < 4.78 is 5.70. The Morgan fingerprint density at radius 3 is 2.90 bits per heavy atom. The average molecular weight is 291 g/mol. The molecule has 0 bridgehead atoms. The third kappa shape index (κ3) is 3.94. The Morgan fingerprint density at radius 1 is 1.48 bits per heavy atom. The van der Waals surface area contributed by atoms with Gasteiger partial charge in [0.2, 0.25) is 0 Å². The van der Waals surface area contributed by atoms with Crippen molar-refractivity contribution in [2.45, 2.75) is 45.8 Å². The van der Waals surface area contributed by atoms with E-state index in [4.69, 9.17) is 10.5 Å². The zero-order chi connectivity index (χ0) is 15.4. The number of likely N-dealkylation sites (tertiary alicyclic amines) is 1. The van der Waals surface area contributed by atoms with E-state index in [0.29, 0.717) is 23.9 Å². The molecular formula is C16H25N3O2. The van der Waals surface area contributed by atoms with Crippen molar-refractivity contribution in [1.29, 1.82) is 0 Å². The summed E-state index contributed by atoms with van der Waals surface area (Å²) in [5.74, 6) is 0.859. The number of ether oxygens (including phenoxy) is 1. The molecule has 1 aliphatic rings. The van der Waals surface area contributed by atoms with Crippen LogP contribution in [0.3, 0.4) is 0 Å². The minimum Gasteiger partial charge on any atom is -0.489 e. The van der Waals surface area contributed by atoms with Gasteiger partial charge in [0, 0.05) is 25.3 Å². The molecule has 0 aliphatic carbocycles. The van der Waals surface area contributed by atoms with E-state index in [-0.39, 0.29) is 18.1 Å². The van der Waals surface area contributed by atoms with Crippen molar-refractivity contribution in [3.8, 4) is 5.75 Å². The molecule has 1 fully saturated rings. The van der Waals surface area contributed by atoms with Crippen LogP contribution in [0.1, 0.15) is 44.1 Å². The SMILES string of the molecule is CC(C)Oc1cccnc1C(=O)N1CCCC(C(C)N)C1. The Morgan fingerprint density at radius 2 is 2.24 bits per heavy atom. The number of hydrogen-bond donors (Lipinski definition) is 1. The highest BCUT2D eigenvalue weighted by atomic mass is 16.5. The fourth-order valence-corrected chi connectivity index (χ4v) is 2.67. The minimum absolute atomic E-state index is 0.0129. The summed E-state index contributed by atoms with van der Waals surface area (Å²) in [5, 5.41) is 0. The van der Waals surface area contributed by atoms with E-state index >= 15 is 0 Å². The van der Waals surface area contributed by atoms with Crippen LogP contribution in [0.2, 0.25) is 0 Å². The smallest absolute Gasteiger partial charge is 0.276 e. The van der Waals surface area contributed by atoms with Gasteiger partial charge in [-0.25, -0.2) is 4.98 Å². The number of aromatic nitrogens is 1. The molecule has 1 amide bonds. The van der Waals surface area contributed by atoms with Gasteiger partial charge in [-0.3, -0.25) is 4.79 Å². The molecule has 5 heteroatoms. The Hall–Kier alpha value is -1.62. The summed E-state index contributed by atoms with van der Waals surface area (Å²) in [7, 11) is 0. The van der Waals surface area contributed by atoms with Crippen molar-refractivity contribution in [2.75, 3.05) is 13.1 Å². The first-order valence-electron chi connectivity index (χ1n) is 7.65. The van der Waals surface area contributed by atoms with E-state index in [9.17, 15) is 4.79 Å². The van der Waals surface area contributed by atoms with Crippen molar-refractivity contribution >= 4 is 5.91 Å². The summed E-state index contributed by atoms with van der Waals surface area (Å²) in [6.07, 6.45) is 3.72. The predicted octanol–water partition coefficient (Wildman–Crippen LogP) is 2.07. The van der Waals surface area contributed by atoms with Crippen LogP contribution >= 0.6 is 0 Å². The van der Waals surface area contributed by atoms with Gasteiger partial charge in [-0.2, -0.15) is 0 Å². The van der Waals surface area contributed by atoms with Gasteiger partial charge in [-0.1, -0.05) is 0 Å². The Kier molecular flexibility index (Phi) is 5.17. The second-order valence-corrected chi connectivity index (χ2v) is 6.03. The lowest BCUT2D eigenvalue weighted by atomic mass is 9.92. The van der Waals surface area contributed by atoms with Gasteiger partial charge in [0.25, 0.3) is 5.91 Å². The molecule has 1 saturated heterocycles. The summed E-state index contributed by atoms with van der Waals surface area (Å²) >= 11 is 0. The third-order valence-corrected chi connectivity index (χ3v) is 3.82. The number of piperidine rings is 1. The molecule has 1 aromatic heterocycles. The van der Waals surface area contributed by atoms with Crippen molar-refractivity contribution in [3.05, 3.63) is 24.0 Å². The molecular weight excluding hydrogens is 266 g/mol. The van der Waals surface area contributed by atoms with Gasteiger partial charge in [-0.05, 0) is 51.7 Å². The highest BCUT2D eigenvalue weighted by molar-refractivity contribution is 5.95. The lowest BCUT2D eigenvalue weighted by molar-refractivity contribution is 0.0648. The van der Waals surface area contributed by atoms with Crippen LogP contribution in [-0.2, 0) is 0 Å². The Balaban J connectivity index is 2.16. The fourth-order valence-electron chi connectivity index (χ4n) is 2.67. The number of rotatable bonds is 4. The van der Waals surface area contributed by atoms with Crippen LogP contribution in [0.25, 0.3) is 0 Å². The van der Waals surface area contributed by atoms with E-state index in [1.807, 2.05) is 25.7 Å². The van der Waals surface area contributed by atoms with E-state index in [2.05, 4.69) is 4.98 Å². The molecule has 2 heterocycles. The monoisotopic (exact) mass is 291 g/mol. The maximum atomic E-state index is 12.7. The van der Waals surface area contributed by atoms with E-state index in [1.165, 1.54) is 0 Å². The molecule has 0 saturated carbocycles. The zero-order valence-corrected chi connectivity index (χ0v) is 13.1. The average Bonchev–Trinajstić information content (AvgIpc) is 2.46. The van der Waals surface area contributed by atoms with Crippen LogP contribution in [0, 0.1) is 5.92 Å². The van der Waals surface area contributed by atoms with Crippen LogP contribution in [-0.4, -0.2) is 41.0 Å². The number of pyridine rings is 1. The molecule has 2 unspecified atom stereocenters. The molecule has 116 valence electrons. The zero-order valence-electron chi connectivity index (χ0n) is 13.1. The fraction of sp³-hybridized carbons (Fsp3) is 0.625. The predicted molar refractivity (Wildman–Crippen MR) is 82.3 cm³/mol. The van der Waals surface area contributed by atoms with Gasteiger partial charge < -0.3 is 15.4 Å². The topological polar surface area (TPSA) is 68.5 Å². The molecule has 5 nitrogen and oxygen atoms in total. The van der Waals surface area contributed by atoms with Crippen molar-refractivity contribution in [3.63, 3.8) is 0 Å². The highest BCUT2D eigenvalue weighted by Gasteiger charge is 2.28. The first-order valence-corrected chi connectivity index (χ1v) is 7.65. The van der Waals surface area contributed by atoms with Gasteiger partial charge in [-0.15, -0.1) is 0 Å². The summed E-state index contributed by atoms with van der Waals surface area (Å²) in [4.78, 5) is 18.8. The molecule has 1 aromatic rings. The molecule has 0 spiro atoms. The Labute approximate surface area is 126 Å². The van der Waals surface area contributed by atoms with Crippen molar-refractivity contribution in [2.24, 2.45) is 11.7 Å². The first kappa shape index (κ1) is 15.8. The number of carbonyl (C=O) groups is 1. The quantitative estimate of drug-likeness (QED) is 0.922. The second kappa shape index (κ2) is 6.89. The molecule has 0 aromatic carbocycles. The number of carbonyl (C=O) groups excluding carboxylic acids is 1. The lowest BCUT2D eigenvalue weighted by Gasteiger charge is -2.34. The van der Waals surface area contributed by atoms with E-state index in [1.54, 1.807) is 18.3 Å². The highest BCUT2D eigenvalue weighted by Crippen LogP contribution is 2.23.